The first-order valence-electron chi connectivity index (χ1n) is 3.00. The molecule has 0 bridgehead atoms. The second-order valence-corrected chi connectivity index (χ2v) is 1.86. The van der Waals surface area contributed by atoms with Crippen molar-refractivity contribution < 1.29 is 14.6 Å². The number of carbonyl (C=O) groups excluding carboxylic acids is 1. The maximum atomic E-state index is 10.5. The highest BCUT2D eigenvalue weighted by Gasteiger charge is 2.04. The van der Waals surface area contributed by atoms with Crippen molar-refractivity contribution in [2.24, 2.45) is 0 Å². The second kappa shape index (κ2) is 4.32. The fraction of sp³-hybridized carbons (Fsp3) is 0.833. The van der Waals surface area contributed by atoms with E-state index in [0.29, 0.717) is 6.61 Å². The van der Waals surface area contributed by atoms with Crippen molar-refractivity contribution in [2.75, 3.05) is 6.61 Å². The average molecular weight is 133 g/mol. The smallest absolute Gasteiger partial charge is 0.308 e. The van der Waals surface area contributed by atoms with E-state index in [1.165, 1.54) is 0 Å². The summed E-state index contributed by atoms with van der Waals surface area (Å²) >= 11 is 0. The summed E-state index contributed by atoms with van der Waals surface area (Å²) in [6.07, 6.45) is -0.502. The monoisotopic (exact) mass is 133 g/mol. The summed E-state index contributed by atoms with van der Waals surface area (Å²) in [6.45, 7) is 3.67. The molecule has 0 aromatic rings. The minimum atomic E-state index is -0.593. The first-order chi connectivity index (χ1) is 4.16. The zero-order valence-corrected chi connectivity index (χ0v) is 5.76. The van der Waals surface area contributed by atoms with Crippen molar-refractivity contribution in [3.63, 3.8) is 0 Å². The quantitative estimate of drug-likeness (QED) is 0.445. The Morgan fingerprint density at radius 3 is 2.67 bits per heavy atom. The molecule has 0 fully saturated rings. The topological polar surface area (TPSA) is 46.5 Å². The third-order valence-electron chi connectivity index (χ3n) is 0.767. The van der Waals surface area contributed by atoms with Gasteiger partial charge in [-0.15, -0.1) is 0 Å². The van der Waals surface area contributed by atoms with Crippen LogP contribution in [0.2, 0.25) is 0 Å². The van der Waals surface area contributed by atoms with Crippen LogP contribution < -0.4 is 0 Å². The van der Waals surface area contributed by atoms with E-state index in [2.05, 4.69) is 4.74 Å². The number of esters is 1. The lowest BCUT2D eigenvalue weighted by Crippen LogP contribution is -2.11. The van der Waals surface area contributed by atoms with E-state index in [4.69, 9.17) is 5.11 Å². The first-order valence-corrected chi connectivity index (χ1v) is 3.00. The van der Waals surface area contributed by atoms with E-state index in [-0.39, 0.29) is 12.4 Å². The Hall–Kier alpha value is -0.570. The molecule has 0 spiro atoms. The maximum Gasteiger partial charge on any atom is 0.308 e. The van der Waals surface area contributed by atoms with Gasteiger partial charge in [0.15, 0.2) is 0 Å². The van der Waals surface area contributed by atoms with E-state index < -0.39 is 6.10 Å². The van der Waals surface area contributed by atoms with Gasteiger partial charge in [0.2, 0.25) is 0 Å². The largest absolute Gasteiger partial charge is 0.466 e. The molecule has 0 radical (unpaired) electrons. The van der Waals surface area contributed by atoms with Crippen molar-refractivity contribution in [3.05, 3.63) is 0 Å². The molecule has 0 aliphatic carbocycles. The second-order valence-electron chi connectivity index (χ2n) is 1.86. The zero-order valence-electron chi connectivity index (χ0n) is 5.76. The van der Waals surface area contributed by atoms with Gasteiger partial charge in [0.1, 0.15) is 0 Å². The van der Waals surface area contributed by atoms with Crippen LogP contribution in [0.25, 0.3) is 0 Å². The SMILES string of the molecule is CCOC(=O)C[13CH](C)O. The molecule has 1 unspecified atom stereocenters. The Labute approximate surface area is 54.6 Å². The molecule has 1 atom stereocenters. The molecular weight excluding hydrogens is 121 g/mol. The van der Waals surface area contributed by atoms with Crippen LogP contribution >= 0.6 is 0 Å². The van der Waals surface area contributed by atoms with Crippen LogP contribution in [0.3, 0.4) is 0 Å². The predicted octanol–water partition coefficient (Wildman–Crippen LogP) is 0.320. The molecule has 3 heteroatoms. The molecule has 9 heavy (non-hydrogen) atoms. The van der Waals surface area contributed by atoms with Gasteiger partial charge in [-0.25, -0.2) is 0 Å². The van der Waals surface area contributed by atoms with Crippen LogP contribution in [0.4, 0.5) is 0 Å². The highest BCUT2D eigenvalue weighted by Crippen LogP contribution is 1.91. The predicted molar refractivity (Wildman–Crippen MR) is 32.9 cm³/mol. The van der Waals surface area contributed by atoms with Gasteiger partial charge < -0.3 is 9.84 Å². The number of carbonyl (C=O) groups is 1. The minimum absolute atomic E-state index is 0.0911. The van der Waals surface area contributed by atoms with Crippen molar-refractivity contribution in [3.8, 4) is 0 Å². The number of hydrogen-bond acceptors (Lipinski definition) is 3. The highest BCUT2D eigenvalue weighted by molar-refractivity contribution is 5.69. The fourth-order valence-corrected chi connectivity index (χ4v) is 0.461. The standard InChI is InChI=1S/C6H12O3/c1-3-9-6(8)4-5(2)7/h5,7H,3-4H2,1-2H3/i5+1. The first kappa shape index (κ1) is 8.43. The summed E-state index contributed by atoms with van der Waals surface area (Å²) < 4.78 is 4.55. The Kier molecular flexibility index (Phi) is 4.05. The van der Waals surface area contributed by atoms with Crippen LogP contribution in [0.1, 0.15) is 20.3 Å². The number of aliphatic hydroxyl groups is 1. The minimum Gasteiger partial charge on any atom is -0.466 e. The molecule has 0 aliphatic heterocycles. The normalized spacial score (nSPS) is 12.8. The van der Waals surface area contributed by atoms with Gasteiger partial charge in [-0.1, -0.05) is 0 Å². The van der Waals surface area contributed by atoms with E-state index in [9.17, 15) is 4.79 Å². The average Bonchev–Trinajstić information content (AvgIpc) is 1.63. The lowest BCUT2D eigenvalue weighted by Gasteiger charge is -2.01. The van der Waals surface area contributed by atoms with Crippen LogP contribution in [-0.4, -0.2) is 23.8 Å². The summed E-state index contributed by atoms with van der Waals surface area (Å²) in [6, 6.07) is 0. The Bertz CT molecular complexity index is 88.3. The van der Waals surface area contributed by atoms with Crippen LogP contribution in [0.15, 0.2) is 0 Å². The Morgan fingerprint density at radius 2 is 2.33 bits per heavy atom. The summed E-state index contributed by atoms with van der Waals surface area (Å²) in [5.74, 6) is -0.340. The molecule has 0 saturated heterocycles. The third-order valence-corrected chi connectivity index (χ3v) is 0.767. The van der Waals surface area contributed by atoms with E-state index in [0.717, 1.165) is 0 Å². The molecule has 0 heterocycles. The molecule has 1 N–H and O–H groups in total. The van der Waals surface area contributed by atoms with E-state index in [1.54, 1.807) is 13.8 Å². The van der Waals surface area contributed by atoms with E-state index >= 15 is 0 Å². The van der Waals surface area contributed by atoms with E-state index in [1.807, 2.05) is 0 Å². The van der Waals surface area contributed by atoms with Gasteiger partial charge in [0.05, 0.1) is 19.1 Å². The molecule has 0 aromatic heterocycles. The van der Waals surface area contributed by atoms with Crippen molar-refractivity contribution in [1.29, 1.82) is 0 Å². The van der Waals surface area contributed by atoms with Crippen molar-refractivity contribution in [1.82, 2.24) is 0 Å². The van der Waals surface area contributed by atoms with Gasteiger partial charge in [0, 0.05) is 0 Å². The highest BCUT2D eigenvalue weighted by atomic mass is 16.5. The number of aliphatic hydroxyl groups excluding tert-OH is 1. The maximum absolute atomic E-state index is 10.5. The fourth-order valence-electron chi connectivity index (χ4n) is 0.461. The lowest BCUT2D eigenvalue weighted by molar-refractivity contribution is -0.145. The van der Waals surface area contributed by atoms with Crippen LogP contribution in [0.5, 0.6) is 0 Å². The van der Waals surface area contributed by atoms with Crippen LogP contribution in [0, 0.1) is 0 Å². The molecule has 0 saturated carbocycles. The molecule has 54 valence electrons. The molecule has 3 nitrogen and oxygen atoms in total. The Balaban J connectivity index is 3.27. The third kappa shape index (κ3) is 5.30. The molecule has 0 amide bonds. The van der Waals surface area contributed by atoms with Gasteiger partial charge in [-0.2, -0.15) is 0 Å². The summed E-state index contributed by atoms with van der Waals surface area (Å²) in [5, 5.41) is 8.65. The molecule has 0 aliphatic rings. The number of rotatable bonds is 3. The molecule has 0 aromatic carbocycles. The van der Waals surface area contributed by atoms with Gasteiger partial charge in [-0.3, -0.25) is 4.79 Å². The van der Waals surface area contributed by atoms with Gasteiger partial charge in [-0.05, 0) is 13.8 Å². The summed E-state index contributed by atoms with van der Waals surface area (Å²) in [7, 11) is 0. The number of hydrogen-bond donors (Lipinski definition) is 1. The number of ether oxygens (including phenoxy) is 1. The molecule has 0 rings (SSSR count). The lowest BCUT2D eigenvalue weighted by atomic mass is 10.5. The Morgan fingerprint density at radius 1 is 1.78 bits per heavy atom. The zero-order chi connectivity index (χ0) is 7.28. The summed E-state index contributed by atoms with van der Waals surface area (Å²) in [4.78, 5) is 10.5. The molecular formula is C6H12O3. The van der Waals surface area contributed by atoms with Gasteiger partial charge in [0.25, 0.3) is 0 Å². The van der Waals surface area contributed by atoms with Crippen molar-refractivity contribution in [2.45, 2.75) is 26.4 Å². The van der Waals surface area contributed by atoms with Gasteiger partial charge >= 0.3 is 5.97 Å². The summed E-state index contributed by atoms with van der Waals surface area (Å²) in [5.41, 5.74) is 0. The van der Waals surface area contributed by atoms with Crippen molar-refractivity contribution >= 4 is 5.97 Å². The van der Waals surface area contributed by atoms with Crippen LogP contribution in [-0.2, 0) is 9.53 Å².